The smallest absolute Gasteiger partial charge is 0.0462 e. The molecule has 2 aliphatic rings. The van der Waals surface area contributed by atoms with Crippen LogP contribution in [0.5, 0.6) is 0 Å². The molecule has 0 aliphatic heterocycles. The second-order valence-electron chi connectivity index (χ2n) is 3.62. The van der Waals surface area contributed by atoms with Crippen LogP contribution in [0.2, 0.25) is 0 Å². The van der Waals surface area contributed by atoms with Crippen LogP contribution < -0.4 is 0 Å². The lowest BCUT2D eigenvalue weighted by atomic mass is 9.90. The maximum atomic E-state index is 8.89. The highest BCUT2D eigenvalue weighted by Gasteiger charge is 2.38. The minimum absolute atomic E-state index is 0.446. The fraction of sp³-hybridized carbons (Fsp3) is 1.00. The first-order chi connectivity index (χ1) is 4.40. The zero-order valence-corrected chi connectivity index (χ0v) is 5.71. The van der Waals surface area contributed by atoms with Gasteiger partial charge < -0.3 is 5.11 Å². The molecule has 0 heterocycles. The standard InChI is InChI=1S/C8H14O/c9-5-8-4-6-1-2-7(8)3-6/h6-9H,1-5H2/t6-,7-,8-/m1/s1. The predicted molar refractivity (Wildman–Crippen MR) is 36.0 cm³/mol. The van der Waals surface area contributed by atoms with Crippen molar-refractivity contribution in [1.29, 1.82) is 0 Å². The number of hydrogen-bond acceptors (Lipinski definition) is 1. The lowest BCUT2D eigenvalue weighted by Crippen LogP contribution is -2.13. The van der Waals surface area contributed by atoms with Gasteiger partial charge in [0.05, 0.1) is 0 Å². The van der Waals surface area contributed by atoms with E-state index in [1.54, 1.807) is 0 Å². The van der Waals surface area contributed by atoms with Crippen molar-refractivity contribution in [3.8, 4) is 0 Å². The summed E-state index contributed by atoms with van der Waals surface area (Å²) in [6.45, 7) is 0.446. The van der Waals surface area contributed by atoms with E-state index in [-0.39, 0.29) is 0 Å². The van der Waals surface area contributed by atoms with Crippen molar-refractivity contribution in [1.82, 2.24) is 0 Å². The highest BCUT2D eigenvalue weighted by molar-refractivity contribution is 4.89. The summed E-state index contributed by atoms with van der Waals surface area (Å²) in [5.74, 6) is 2.58. The zero-order chi connectivity index (χ0) is 6.27. The summed E-state index contributed by atoms with van der Waals surface area (Å²) in [7, 11) is 0. The Kier molecular flexibility index (Phi) is 1.26. The molecule has 0 saturated heterocycles. The van der Waals surface area contributed by atoms with E-state index in [0.717, 1.165) is 11.8 Å². The van der Waals surface area contributed by atoms with Crippen LogP contribution in [-0.2, 0) is 0 Å². The molecule has 0 amide bonds. The average Bonchev–Trinajstić information content (AvgIpc) is 2.45. The number of aliphatic hydroxyl groups excluding tert-OH is 1. The second kappa shape index (κ2) is 1.98. The number of aliphatic hydroxyl groups is 1. The highest BCUT2D eigenvalue weighted by atomic mass is 16.3. The fourth-order valence-corrected chi connectivity index (χ4v) is 2.60. The van der Waals surface area contributed by atoms with Gasteiger partial charge in [-0.1, -0.05) is 6.42 Å². The molecule has 1 N–H and O–H groups in total. The Hall–Kier alpha value is -0.0400. The third kappa shape index (κ3) is 0.787. The fourth-order valence-electron chi connectivity index (χ4n) is 2.60. The lowest BCUT2D eigenvalue weighted by Gasteiger charge is -2.18. The SMILES string of the molecule is OC[C@H]1C[C@@H]2CC[C@@H]1C2. The maximum absolute atomic E-state index is 8.89. The van der Waals surface area contributed by atoms with Crippen LogP contribution in [0.25, 0.3) is 0 Å². The van der Waals surface area contributed by atoms with Gasteiger partial charge in [0.1, 0.15) is 0 Å². The summed E-state index contributed by atoms with van der Waals surface area (Å²) < 4.78 is 0. The summed E-state index contributed by atoms with van der Waals surface area (Å²) in [5.41, 5.74) is 0. The van der Waals surface area contributed by atoms with Crippen molar-refractivity contribution in [2.75, 3.05) is 6.61 Å². The Balaban J connectivity index is 2.01. The first kappa shape index (κ1) is 5.72. The van der Waals surface area contributed by atoms with Crippen LogP contribution in [0.1, 0.15) is 25.7 Å². The normalized spacial score (nSPS) is 48.3. The Labute approximate surface area is 56.1 Å². The number of hydrogen-bond donors (Lipinski definition) is 1. The largest absolute Gasteiger partial charge is 0.396 e. The van der Waals surface area contributed by atoms with Gasteiger partial charge in [-0.05, 0) is 37.0 Å². The van der Waals surface area contributed by atoms with Gasteiger partial charge >= 0.3 is 0 Å². The van der Waals surface area contributed by atoms with Gasteiger partial charge in [-0.25, -0.2) is 0 Å². The molecule has 0 unspecified atom stereocenters. The summed E-state index contributed by atoms with van der Waals surface area (Å²) in [5, 5.41) is 8.89. The molecule has 2 aliphatic carbocycles. The summed E-state index contributed by atoms with van der Waals surface area (Å²) >= 11 is 0. The van der Waals surface area contributed by atoms with Crippen LogP contribution in [0, 0.1) is 17.8 Å². The zero-order valence-electron chi connectivity index (χ0n) is 5.71. The van der Waals surface area contributed by atoms with Gasteiger partial charge in [-0.2, -0.15) is 0 Å². The van der Waals surface area contributed by atoms with E-state index >= 15 is 0 Å². The third-order valence-electron chi connectivity index (χ3n) is 3.12. The Bertz CT molecular complexity index is 111. The van der Waals surface area contributed by atoms with E-state index in [1.807, 2.05) is 0 Å². The highest BCUT2D eigenvalue weighted by Crippen LogP contribution is 2.47. The molecule has 3 atom stereocenters. The summed E-state index contributed by atoms with van der Waals surface area (Å²) in [6.07, 6.45) is 5.59. The molecule has 1 heteroatoms. The molecule has 2 rings (SSSR count). The Morgan fingerprint density at radius 1 is 1.22 bits per heavy atom. The monoisotopic (exact) mass is 126 g/mol. The molecule has 2 bridgehead atoms. The summed E-state index contributed by atoms with van der Waals surface area (Å²) in [4.78, 5) is 0. The summed E-state index contributed by atoms with van der Waals surface area (Å²) in [6, 6.07) is 0. The minimum atomic E-state index is 0.446. The van der Waals surface area contributed by atoms with Gasteiger partial charge in [0, 0.05) is 6.61 Å². The van der Waals surface area contributed by atoms with Gasteiger partial charge in [0.25, 0.3) is 0 Å². The molecular formula is C8H14O. The second-order valence-corrected chi connectivity index (χ2v) is 3.62. The molecule has 9 heavy (non-hydrogen) atoms. The number of rotatable bonds is 1. The quantitative estimate of drug-likeness (QED) is 0.563. The number of fused-ring (bicyclic) bond motifs is 2. The molecule has 52 valence electrons. The molecule has 0 radical (unpaired) electrons. The van der Waals surface area contributed by atoms with Gasteiger partial charge in [-0.15, -0.1) is 0 Å². The molecule has 1 nitrogen and oxygen atoms in total. The van der Waals surface area contributed by atoms with E-state index in [9.17, 15) is 0 Å². The molecule has 0 spiro atoms. The third-order valence-corrected chi connectivity index (χ3v) is 3.12. The predicted octanol–water partition coefficient (Wildman–Crippen LogP) is 1.41. The maximum Gasteiger partial charge on any atom is 0.0462 e. The van der Waals surface area contributed by atoms with E-state index < -0.39 is 0 Å². The minimum Gasteiger partial charge on any atom is -0.396 e. The van der Waals surface area contributed by atoms with Gasteiger partial charge in [0.2, 0.25) is 0 Å². The first-order valence-electron chi connectivity index (χ1n) is 4.01. The van der Waals surface area contributed by atoms with Crippen molar-refractivity contribution in [2.24, 2.45) is 17.8 Å². The van der Waals surface area contributed by atoms with Gasteiger partial charge in [0.15, 0.2) is 0 Å². The van der Waals surface area contributed by atoms with E-state index in [4.69, 9.17) is 5.11 Å². The molecule has 2 saturated carbocycles. The lowest BCUT2D eigenvalue weighted by molar-refractivity contribution is 0.177. The van der Waals surface area contributed by atoms with E-state index in [1.165, 1.54) is 25.7 Å². The van der Waals surface area contributed by atoms with Gasteiger partial charge in [-0.3, -0.25) is 0 Å². The first-order valence-corrected chi connectivity index (χ1v) is 4.01. The van der Waals surface area contributed by atoms with Crippen molar-refractivity contribution in [3.63, 3.8) is 0 Å². The van der Waals surface area contributed by atoms with Crippen LogP contribution in [0.4, 0.5) is 0 Å². The topological polar surface area (TPSA) is 20.2 Å². The van der Waals surface area contributed by atoms with Crippen LogP contribution in [0.15, 0.2) is 0 Å². The molecular weight excluding hydrogens is 112 g/mol. The molecule has 0 aromatic rings. The average molecular weight is 126 g/mol. The van der Waals surface area contributed by atoms with Crippen molar-refractivity contribution < 1.29 is 5.11 Å². The molecule has 2 fully saturated rings. The molecule has 0 aromatic heterocycles. The molecule has 0 aromatic carbocycles. The van der Waals surface area contributed by atoms with Crippen LogP contribution >= 0.6 is 0 Å². The van der Waals surface area contributed by atoms with Crippen molar-refractivity contribution in [3.05, 3.63) is 0 Å². The van der Waals surface area contributed by atoms with Crippen LogP contribution in [0.3, 0.4) is 0 Å². The van der Waals surface area contributed by atoms with E-state index in [0.29, 0.717) is 12.5 Å². The van der Waals surface area contributed by atoms with Crippen molar-refractivity contribution >= 4 is 0 Å². The Morgan fingerprint density at radius 2 is 2.11 bits per heavy atom. The van der Waals surface area contributed by atoms with Crippen LogP contribution in [-0.4, -0.2) is 11.7 Å². The van der Waals surface area contributed by atoms with E-state index in [2.05, 4.69) is 0 Å². The Morgan fingerprint density at radius 3 is 2.44 bits per heavy atom. The van der Waals surface area contributed by atoms with Crippen molar-refractivity contribution in [2.45, 2.75) is 25.7 Å².